The molecule has 0 bridgehead atoms. The van der Waals surface area contributed by atoms with E-state index in [1.807, 2.05) is 14.0 Å². The van der Waals surface area contributed by atoms with Crippen molar-refractivity contribution >= 4 is 5.97 Å². The highest BCUT2D eigenvalue weighted by molar-refractivity contribution is 5.80. The maximum atomic E-state index is 11.8. The summed E-state index contributed by atoms with van der Waals surface area (Å²) in [5, 5.41) is 3.10. The van der Waals surface area contributed by atoms with E-state index >= 15 is 0 Å². The van der Waals surface area contributed by atoms with Crippen molar-refractivity contribution in [2.24, 2.45) is 0 Å². The third kappa shape index (κ3) is 4.72. The van der Waals surface area contributed by atoms with Crippen LogP contribution in [0.3, 0.4) is 0 Å². The van der Waals surface area contributed by atoms with Gasteiger partial charge >= 0.3 is 5.97 Å². The number of likely N-dealkylation sites (tertiary alicyclic amines) is 1. The fourth-order valence-corrected chi connectivity index (χ4v) is 3.01. The molecule has 2 atom stereocenters. The second-order valence-electron chi connectivity index (χ2n) is 6.27. The molecule has 5 nitrogen and oxygen atoms in total. The first-order chi connectivity index (χ1) is 9.42. The first-order valence-electron chi connectivity index (χ1n) is 7.59. The molecule has 1 aliphatic heterocycles. The number of carbonyl (C=O) groups excluding carboxylic acids is 1. The molecule has 1 rings (SSSR count). The fourth-order valence-electron chi connectivity index (χ4n) is 3.01. The van der Waals surface area contributed by atoms with E-state index in [1.54, 1.807) is 0 Å². The second-order valence-corrected chi connectivity index (χ2v) is 6.27. The zero-order chi connectivity index (χ0) is 15.2. The van der Waals surface area contributed by atoms with Crippen molar-refractivity contribution in [3.63, 3.8) is 0 Å². The third-order valence-electron chi connectivity index (χ3n) is 4.38. The lowest BCUT2D eigenvalue weighted by atomic mass is 9.96. The minimum absolute atomic E-state index is 0.175. The van der Waals surface area contributed by atoms with Crippen LogP contribution < -0.4 is 5.32 Å². The first kappa shape index (κ1) is 17.4. The highest BCUT2D eigenvalue weighted by Gasteiger charge is 2.32. The minimum atomic E-state index is -0.564. The summed E-state index contributed by atoms with van der Waals surface area (Å²) in [7, 11) is 7.53. The molecule has 0 saturated carbocycles. The molecule has 0 aromatic rings. The van der Waals surface area contributed by atoms with Gasteiger partial charge in [-0.25, -0.2) is 0 Å². The van der Waals surface area contributed by atoms with Gasteiger partial charge in [-0.1, -0.05) is 0 Å². The third-order valence-corrected chi connectivity index (χ3v) is 4.38. The smallest absolute Gasteiger partial charge is 0.325 e. The van der Waals surface area contributed by atoms with E-state index < -0.39 is 5.54 Å². The van der Waals surface area contributed by atoms with E-state index in [0.717, 1.165) is 25.9 Å². The molecule has 5 heteroatoms. The molecule has 1 fully saturated rings. The van der Waals surface area contributed by atoms with Gasteiger partial charge in [-0.2, -0.15) is 0 Å². The maximum Gasteiger partial charge on any atom is 0.325 e. The van der Waals surface area contributed by atoms with Gasteiger partial charge < -0.3 is 15.0 Å². The average molecular weight is 285 g/mol. The number of hydrogen-bond donors (Lipinski definition) is 1. The van der Waals surface area contributed by atoms with Crippen LogP contribution in [0.2, 0.25) is 0 Å². The van der Waals surface area contributed by atoms with E-state index in [2.05, 4.69) is 29.2 Å². The number of rotatable bonds is 8. The van der Waals surface area contributed by atoms with Crippen LogP contribution in [0, 0.1) is 0 Å². The van der Waals surface area contributed by atoms with Crippen LogP contribution in [0.1, 0.15) is 32.6 Å². The second kappa shape index (κ2) is 7.96. The van der Waals surface area contributed by atoms with Crippen molar-refractivity contribution in [2.75, 3.05) is 47.9 Å². The largest absolute Gasteiger partial charge is 0.468 e. The number of hydrogen-bond acceptors (Lipinski definition) is 5. The van der Waals surface area contributed by atoms with E-state index in [4.69, 9.17) is 4.74 Å². The normalized spacial score (nSPS) is 23.0. The van der Waals surface area contributed by atoms with Gasteiger partial charge in [0.25, 0.3) is 0 Å². The first-order valence-corrected chi connectivity index (χ1v) is 7.59. The molecule has 1 N–H and O–H groups in total. The highest BCUT2D eigenvalue weighted by Crippen LogP contribution is 2.20. The number of carbonyl (C=O) groups is 1. The van der Waals surface area contributed by atoms with Gasteiger partial charge in [0, 0.05) is 12.6 Å². The Kier molecular flexibility index (Phi) is 6.92. The van der Waals surface area contributed by atoms with Crippen LogP contribution in [0.4, 0.5) is 0 Å². The quantitative estimate of drug-likeness (QED) is 0.673. The van der Waals surface area contributed by atoms with Crippen LogP contribution >= 0.6 is 0 Å². The van der Waals surface area contributed by atoms with Crippen LogP contribution in [0.15, 0.2) is 0 Å². The van der Waals surface area contributed by atoms with Gasteiger partial charge in [-0.05, 0) is 66.8 Å². The lowest BCUT2D eigenvalue weighted by Crippen LogP contribution is -2.49. The van der Waals surface area contributed by atoms with E-state index in [-0.39, 0.29) is 5.97 Å². The van der Waals surface area contributed by atoms with Gasteiger partial charge in [0.15, 0.2) is 0 Å². The Morgan fingerprint density at radius 1 is 1.50 bits per heavy atom. The van der Waals surface area contributed by atoms with Gasteiger partial charge in [0.2, 0.25) is 0 Å². The molecule has 0 aromatic carbocycles. The molecular formula is C15H31N3O2. The van der Waals surface area contributed by atoms with Crippen LogP contribution in [0.5, 0.6) is 0 Å². The Hall–Kier alpha value is -0.650. The van der Waals surface area contributed by atoms with Crippen molar-refractivity contribution in [3.05, 3.63) is 0 Å². The standard InChI is InChI=1S/C15H31N3O2/c1-15(16-2,14(19)20-5)9-7-11-18-10-6-8-13(18)12-17(3)4/h13,16H,6-12H2,1-5H3. The lowest BCUT2D eigenvalue weighted by molar-refractivity contribution is -0.148. The summed E-state index contributed by atoms with van der Waals surface area (Å²) in [5.74, 6) is -0.175. The number of methoxy groups -OCH3 is 1. The molecule has 118 valence electrons. The van der Waals surface area contributed by atoms with Gasteiger partial charge in [-0.3, -0.25) is 9.69 Å². The van der Waals surface area contributed by atoms with Gasteiger partial charge in [-0.15, -0.1) is 0 Å². The number of nitrogens with zero attached hydrogens (tertiary/aromatic N) is 2. The van der Waals surface area contributed by atoms with E-state index in [9.17, 15) is 4.79 Å². The van der Waals surface area contributed by atoms with Crippen molar-refractivity contribution < 1.29 is 9.53 Å². The summed E-state index contributed by atoms with van der Waals surface area (Å²) < 4.78 is 4.88. The molecule has 0 aliphatic carbocycles. The van der Waals surface area contributed by atoms with Crippen LogP contribution in [-0.4, -0.2) is 75.2 Å². The highest BCUT2D eigenvalue weighted by atomic mass is 16.5. The average Bonchev–Trinajstić information content (AvgIpc) is 2.84. The summed E-state index contributed by atoms with van der Waals surface area (Å²) in [6, 6.07) is 0.670. The molecule has 0 spiro atoms. The van der Waals surface area contributed by atoms with Crippen molar-refractivity contribution in [2.45, 2.75) is 44.2 Å². The number of esters is 1. The van der Waals surface area contributed by atoms with E-state index in [1.165, 1.54) is 26.5 Å². The Labute approximate surface area is 123 Å². The summed E-state index contributed by atoms with van der Waals surface area (Å²) >= 11 is 0. The van der Waals surface area contributed by atoms with Gasteiger partial charge in [0.1, 0.15) is 5.54 Å². The zero-order valence-corrected chi connectivity index (χ0v) is 13.7. The fraction of sp³-hybridized carbons (Fsp3) is 0.933. The van der Waals surface area contributed by atoms with Crippen LogP contribution in [-0.2, 0) is 9.53 Å². The molecule has 1 saturated heterocycles. The maximum absolute atomic E-state index is 11.8. The van der Waals surface area contributed by atoms with Crippen LogP contribution in [0.25, 0.3) is 0 Å². The molecule has 0 aromatic heterocycles. The number of ether oxygens (including phenoxy) is 1. The Bertz CT molecular complexity index is 309. The molecule has 0 amide bonds. The Balaban J connectivity index is 2.40. The summed E-state index contributed by atoms with van der Waals surface area (Å²) in [5.41, 5.74) is -0.564. The number of likely N-dealkylation sites (N-methyl/N-ethyl adjacent to an activating group) is 2. The van der Waals surface area contributed by atoms with Gasteiger partial charge in [0.05, 0.1) is 7.11 Å². The summed E-state index contributed by atoms with van der Waals surface area (Å²) in [4.78, 5) is 16.6. The predicted molar refractivity (Wildman–Crippen MR) is 81.9 cm³/mol. The number of nitrogens with one attached hydrogen (secondary N) is 1. The molecule has 2 unspecified atom stereocenters. The minimum Gasteiger partial charge on any atom is -0.468 e. The molecule has 0 radical (unpaired) electrons. The molecule has 1 heterocycles. The molecular weight excluding hydrogens is 254 g/mol. The lowest BCUT2D eigenvalue weighted by Gasteiger charge is -2.30. The summed E-state index contributed by atoms with van der Waals surface area (Å²) in [6.07, 6.45) is 4.40. The van der Waals surface area contributed by atoms with Crippen molar-refractivity contribution in [3.8, 4) is 0 Å². The van der Waals surface area contributed by atoms with Crippen molar-refractivity contribution in [1.29, 1.82) is 0 Å². The van der Waals surface area contributed by atoms with Crippen molar-refractivity contribution in [1.82, 2.24) is 15.1 Å². The monoisotopic (exact) mass is 285 g/mol. The SMILES string of the molecule is CNC(C)(CCCN1CCCC1CN(C)C)C(=O)OC. The Morgan fingerprint density at radius 3 is 2.75 bits per heavy atom. The van der Waals surface area contributed by atoms with E-state index in [0.29, 0.717) is 6.04 Å². The predicted octanol–water partition coefficient (Wildman–Crippen LogP) is 0.944. The molecule has 1 aliphatic rings. The molecule has 20 heavy (non-hydrogen) atoms. The Morgan fingerprint density at radius 2 is 2.20 bits per heavy atom. The zero-order valence-electron chi connectivity index (χ0n) is 13.7. The topological polar surface area (TPSA) is 44.8 Å². The summed E-state index contributed by atoms with van der Waals surface area (Å²) in [6.45, 7) is 5.29.